The molecule has 0 aromatic carbocycles. The van der Waals surface area contributed by atoms with Gasteiger partial charge < -0.3 is 10.2 Å². The number of allylic oxidation sites excluding steroid dienone is 2. The van der Waals surface area contributed by atoms with Gasteiger partial charge in [-0.05, 0) is 96.2 Å². The van der Waals surface area contributed by atoms with Crippen molar-refractivity contribution in [2.24, 2.45) is 56.2 Å². The number of hydrogen-bond acceptors (Lipinski definition) is 4. The molecular weight excluding hydrogens is 434 g/mol. The van der Waals surface area contributed by atoms with E-state index < -0.39 is 5.41 Å². The molecule has 4 unspecified atom stereocenters. The second kappa shape index (κ2) is 7.37. The second-order valence-electron chi connectivity index (χ2n) is 15.5. The number of nitriles is 1. The van der Waals surface area contributed by atoms with Crippen molar-refractivity contribution in [1.82, 2.24) is 0 Å². The van der Waals surface area contributed by atoms with Gasteiger partial charge >= 0.3 is 0 Å². The molecule has 0 heterocycles. The van der Waals surface area contributed by atoms with E-state index in [1.165, 1.54) is 0 Å². The predicted octanol–water partition coefficient (Wildman–Crippen LogP) is 6.98. The first-order chi connectivity index (χ1) is 16.1. The summed E-state index contributed by atoms with van der Waals surface area (Å²) in [4.78, 5) is 14.3. The summed E-state index contributed by atoms with van der Waals surface area (Å²) in [6, 6.07) is 2.33. The van der Waals surface area contributed by atoms with Gasteiger partial charge in [0, 0.05) is 24.4 Å². The second-order valence-corrected chi connectivity index (χ2v) is 15.5. The first-order valence-corrected chi connectivity index (χ1v) is 14.1. The van der Waals surface area contributed by atoms with E-state index >= 15 is 0 Å². The number of ketones is 1. The molecule has 8 atom stereocenters. The van der Waals surface area contributed by atoms with Crippen molar-refractivity contribution < 1.29 is 15.0 Å². The molecule has 4 heteroatoms. The third kappa shape index (κ3) is 3.03. The Labute approximate surface area is 212 Å². The number of carbonyl (C=O) groups is 1. The molecule has 0 aliphatic heterocycles. The fourth-order valence-electron chi connectivity index (χ4n) is 11.0. The highest BCUT2D eigenvalue weighted by atomic mass is 16.3. The number of carbonyl (C=O) groups excluding carboxylic acids is 1. The van der Waals surface area contributed by atoms with Gasteiger partial charge in [-0.15, -0.1) is 0 Å². The molecule has 4 saturated carbocycles. The van der Waals surface area contributed by atoms with Gasteiger partial charge in [0.15, 0.2) is 0 Å². The maximum absolute atomic E-state index is 14.3. The fraction of sp³-hybridized carbons (Fsp3) is 0.871. The summed E-state index contributed by atoms with van der Waals surface area (Å²) < 4.78 is 0. The van der Waals surface area contributed by atoms with Gasteiger partial charge in [0.1, 0.15) is 11.5 Å². The molecule has 0 amide bonds. The molecule has 4 nitrogen and oxygen atoms in total. The summed E-state index contributed by atoms with van der Waals surface area (Å²) >= 11 is 0. The number of nitrogens with zero attached hydrogens (tertiary/aromatic N) is 1. The van der Waals surface area contributed by atoms with E-state index in [1.807, 2.05) is 0 Å². The zero-order chi connectivity index (χ0) is 25.8. The van der Waals surface area contributed by atoms with Crippen LogP contribution in [-0.4, -0.2) is 22.6 Å². The lowest BCUT2D eigenvalue weighted by Gasteiger charge is -2.72. The Morgan fingerprint density at radius 2 is 1.60 bits per heavy atom. The van der Waals surface area contributed by atoms with Gasteiger partial charge in [0.25, 0.3) is 0 Å². The number of fused-ring (bicyclic) bond motifs is 7. The van der Waals surface area contributed by atoms with Gasteiger partial charge in [-0.25, -0.2) is 0 Å². The van der Waals surface area contributed by atoms with E-state index in [0.717, 1.165) is 44.9 Å². The summed E-state index contributed by atoms with van der Waals surface area (Å²) in [5, 5.41) is 31.6. The van der Waals surface area contributed by atoms with Crippen LogP contribution >= 0.6 is 0 Å². The Kier molecular flexibility index (Phi) is 5.33. The molecular formula is C31H47NO3. The minimum Gasteiger partial charge on any atom is -0.511 e. The zero-order valence-electron chi connectivity index (χ0n) is 23.1. The van der Waals surface area contributed by atoms with E-state index in [9.17, 15) is 20.3 Å². The topological polar surface area (TPSA) is 81.3 Å². The van der Waals surface area contributed by atoms with Gasteiger partial charge in [-0.3, -0.25) is 4.79 Å². The largest absolute Gasteiger partial charge is 0.511 e. The highest BCUT2D eigenvalue weighted by Gasteiger charge is 2.72. The summed E-state index contributed by atoms with van der Waals surface area (Å²) in [5.41, 5.74) is -0.104. The molecule has 194 valence electrons. The molecule has 4 fully saturated rings. The Morgan fingerprint density at radius 3 is 2.23 bits per heavy atom. The molecule has 35 heavy (non-hydrogen) atoms. The van der Waals surface area contributed by atoms with E-state index in [2.05, 4.69) is 54.5 Å². The van der Waals surface area contributed by atoms with Crippen molar-refractivity contribution >= 4 is 5.78 Å². The maximum Gasteiger partial charge on any atom is 0.137 e. The zero-order valence-corrected chi connectivity index (χ0v) is 23.1. The summed E-state index contributed by atoms with van der Waals surface area (Å²) in [7, 11) is 0. The van der Waals surface area contributed by atoms with E-state index in [0.29, 0.717) is 24.2 Å². The Morgan fingerprint density at radius 1 is 0.943 bits per heavy atom. The van der Waals surface area contributed by atoms with Crippen LogP contribution in [-0.2, 0) is 4.79 Å². The molecule has 0 spiro atoms. The predicted molar refractivity (Wildman–Crippen MR) is 137 cm³/mol. The highest BCUT2D eigenvalue weighted by Crippen LogP contribution is 2.76. The summed E-state index contributed by atoms with van der Waals surface area (Å²) in [6.45, 7) is 16.3. The molecule has 0 aromatic rings. The number of aliphatic hydroxyl groups excluding tert-OH is 2. The minimum absolute atomic E-state index is 0.00361. The molecule has 0 saturated heterocycles. The third-order valence-corrected chi connectivity index (χ3v) is 13.2. The number of hydrogen-bond donors (Lipinski definition) is 2. The SMILES string of the molecule is CC1(C)CC[C@]2(CO)CC[C@]3(C)C(C(=O)CC4[C@@]5(C)CC(C#N)=C(O)C(C)(C)C5CC[C@]43C)C2C1. The van der Waals surface area contributed by atoms with Crippen LogP contribution in [0.2, 0.25) is 0 Å². The molecule has 0 bridgehead atoms. The van der Waals surface area contributed by atoms with Crippen LogP contribution in [0.25, 0.3) is 0 Å². The van der Waals surface area contributed by atoms with Crippen molar-refractivity contribution in [2.75, 3.05) is 6.61 Å². The van der Waals surface area contributed by atoms with Gasteiger partial charge in [-0.2, -0.15) is 5.26 Å². The fourth-order valence-corrected chi connectivity index (χ4v) is 11.0. The van der Waals surface area contributed by atoms with Crippen LogP contribution in [0.4, 0.5) is 0 Å². The monoisotopic (exact) mass is 481 g/mol. The molecule has 0 aromatic heterocycles. The van der Waals surface area contributed by atoms with Crippen LogP contribution in [0.5, 0.6) is 0 Å². The standard InChI is InChI=1S/C31H47NO3/c1-26(2)10-12-31(18-33)13-11-30(7)24(20(31)16-26)21(34)14-23-28(5)15-19(17-32)25(35)27(3,4)22(28)8-9-29(23,30)6/h20,22-24,33,35H,8-16,18H2,1-7H3/t20?,22?,23?,24?,28-,29+,30+,31+/m0/s1. The quantitative estimate of drug-likeness (QED) is 0.423. The highest BCUT2D eigenvalue weighted by molar-refractivity contribution is 5.84. The normalized spacial score (nSPS) is 50.3. The summed E-state index contributed by atoms with van der Waals surface area (Å²) in [5.74, 6) is 1.41. The lowest BCUT2D eigenvalue weighted by atomic mass is 9.31. The molecule has 5 aliphatic rings. The molecule has 2 N–H and O–H groups in total. The van der Waals surface area contributed by atoms with Crippen LogP contribution in [0, 0.1) is 67.5 Å². The minimum atomic E-state index is -0.452. The molecule has 5 rings (SSSR count). The van der Waals surface area contributed by atoms with E-state index in [4.69, 9.17) is 0 Å². The van der Waals surface area contributed by atoms with Crippen LogP contribution in [0.1, 0.15) is 106 Å². The lowest BCUT2D eigenvalue weighted by Crippen LogP contribution is -2.68. The Bertz CT molecular complexity index is 1020. The van der Waals surface area contributed by atoms with Gasteiger partial charge in [0.2, 0.25) is 0 Å². The molecule has 0 radical (unpaired) electrons. The van der Waals surface area contributed by atoms with Gasteiger partial charge in [0.05, 0.1) is 11.6 Å². The van der Waals surface area contributed by atoms with Crippen molar-refractivity contribution in [3.8, 4) is 6.07 Å². The first kappa shape index (κ1) is 25.3. The number of aliphatic hydroxyl groups is 2. The van der Waals surface area contributed by atoms with Crippen LogP contribution in [0.3, 0.4) is 0 Å². The Balaban J connectivity index is 1.61. The maximum atomic E-state index is 14.3. The first-order valence-electron chi connectivity index (χ1n) is 14.1. The average Bonchev–Trinajstić information content (AvgIpc) is 2.77. The van der Waals surface area contributed by atoms with Gasteiger partial charge in [-0.1, -0.05) is 48.5 Å². The third-order valence-electron chi connectivity index (χ3n) is 13.2. The van der Waals surface area contributed by atoms with E-state index in [-0.39, 0.29) is 63.1 Å². The molecule has 5 aliphatic carbocycles. The van der Waals surface area contributed by atoms with Crippen molar-refractivity contribution in [2.45, 2.75) is 106 Å². The van der Waals surface area contributed by atoms with Crippen molar-refractivity contribution in [3.05, 3.63) is 11.3 Å². The number of rotatable bonds is 1. The van der Waals surface area contributed by atoms with Crippen molar-refractivity contribution in [1.29, 1.82) is 5.26 Å². The van der Waals surface area contributed by atoms with Crippen LogP contribution in [0.15, 0.2) is 11.3 Å². The lowest BCUT2D eigenvalue weighted by molar-refractivity contribution is -0.234. The Hall–Kier alpha value is -1.34. The van der Waals surface area contributed by atoms with Crippen LogP contribution < -0.4 is 0 Å². The smallest absolute Gasteiger partial charge is 0.137 e. The number of Topliss-reactive ketones (excluding diaryl/α,β-unsaturated/α-hetero) is 1. The van der Waals surface area contributed by atoms with Crippen molar-refractivity contribution in [3.63, 3.8) is 0 Å². The van der Waals surface area contributed by atoms with E-state index in [1.54, 1.807) is 0 Å². The average molecular weight is 482 g/mol. The summed E-state index contributed by atoms with van der Waals surface area (Å²) in [6.07, 6.45) is 8.46.